The summed E-state index contributed by atoms with van der Waals surface area (Å²) in [6, 6.07) is 12.1. The Morgan fingerprint density at radius 1 is 1.18 bits per heavy atom. The zero-order chi connectivity index (χ0) is 20.3. The summed E-state index contributed by atoms with van der Waals surface area (Å²) in [5.74, 6) is -1.80. The van der Waals surface area contributed by atoms with Gasteiger partial charge in [-0.25, -0.2) is 4.79 Å². The van der Waals surface area contributed by atoms with Crippen LogP contribution in [0, 0.1) is 10.1 Å². The summed E-state index contributed by atoms with van der Waals surface area (Å²) in [6.07, 6.45) is 1.06. The largest absolute Gasteiger partial charge is 0.478 e. The number of nitro groups is 1. The van der Waals surface area contributed by atoms with Gasteiger partial charge in [0.15, 0.2) is 0 Å². The Morgan fingerprint density at radius 2 is 1.86 bits per heavy atom. The van der Waals surface area contributed by atoms with E-state index >= 15 is 0 Å². The van der Waals surface area contributed by atoms with Crippen molar-refractivity contribution in [2.75, 3.05) is 6.54 Å². The first-order valence-corrected chi connectivity index (χ1v) is 8.93. The molecule has 8 heteroatoms. The van der Waals surface area contributed by atoms with E-state index in [1.165, 1.54) is 0 Å². The van der Waals surface area contributed by atoms with Crippen LogP contribution in [0.2, 0.25) is 0 Å². The highest BCUT2D eigenvalue weighted by Crippen LogP contribution is 2.29. The monoisotopic (exact) mass is 384 g/mol. The van der Waals surface area contributed by atoms with E-state index < -0.39 is 28.6 Å². The third-order valence-electron chi connectivity index (χ3n) is 4.94. The number of non-ortho nitro benzene ring substituents is 1. The number of likely N-dealkylation sites (tertiary alicyclic amines) is 1. The highest BCUT2D eigenvalue weighted by Gasteiger charge is 2.32. The second-order valence-corrected chi connectivity index (χ2v) is 6.79. The van der Waals surface area contributed by atoms with Gasteiger partial charge in [-0.1, -0.05) is 30.3 Å². The van der Waals surface area contributed by atoms with Crippen LogP contribution < -0.4 is 0 Å². The van der Waals surface area contributed by atoms with Crippen molar-refractivity contribution in [1.82, 2.24) is 4.90 Å². The Morgan fingerprint density at radius 3 is 2.50 bits per heavy atom. The Labute approximate surface area is 161 Å². The number of aromatic carboxylic acids is 1. The zero-order valence-electron chi connectivity index (χ0n) is 15.0. The molecular weight excluding hydrogens is 364 g/mol. The molecule has 1 saturated heterocycles. The number of aliphatic hydroxyl groups is 1. The quantitative estimate of drug-likeness (QED) is 0.583. The average molecular weight is 384 g/mol. The molecule has 2 N–H and O–H groups in total. The summed E-state index contributed by atoms with van der Waals surface area (Å²) in [5, 5.41) is 30.8. The Balaban J connectivity index is 1.83. The smallest absolute Gasteiger partial charge is 0.335 e. The molecule has 0 saturated carbocycles. The minimum Gasteiger partial charge on any atom is -0.478 e. The fourth-order valence-corrected chi connectivity index (χ4v) is 3.55. The number of aliphatic hydroxyl groups excluding tert-OH is 1. The van der Waals surface area contributed by atoms with Crippen LogP contribution in [-0.2, 0) is 0 Å². The lowest BCUT2D eigenvalue weighted by atomic mass is 10.00. The number of carbonyl (C=O) groups excluding carboxylic acids is 1. The van der Waals surface area contributed by atoms with Gasteiger partial charge in [-0.15, -0.1) is 0 Å². The summed E-state index contributed by atoms with van der Waals surface area (Å²) < 4.78 is 0. The van der Waals surface area contributed by atoms with Crippen LogP contribution in [0.1, 0.15) is 51.6 Å². The van der Waals surface area contributed by atoms with Crippen molar-refractivity contribution in [2.45, 2.75) is 31.4 Å². The summed E-state index contributed by atoms with van der Waals surface area (Å²) in [6.45, 7) is 0.454. The minimum absolute atomic E-state index is 0.0345. The predicted octanol–water partition coefficient (Wildman–Crippen LogP) is 3.02. The summed E-state index contributed by atoms with van der Waals surface area (Å²) >= 11 is 0. The van der Waals surface area contributed by atoms with E-state index in [2.05, 4.69) is 0 Å². The standard InChI is InChI=1S/C20H20N2O6/c23-18(13-5-2-1-3-6-13)12-16-7-4-8-21(16)19(24)14-9-15(20(25)26)11-17(10-14)22(27)28/h1-3,5-6,9-11,16,18,23H,4,7-8,12H2,(H,25,26). The predicted molar refractivity (Wildman–Crippen MR) is 100 cm³/mol. The number of nitro benzene ring substituents is 1. The molecule has 0 aromatic heterocycles. The number of amides is 1. The fraction of sp³-hybridized carbons (Fsp3) is 0.300. The van der Waals surface area contributed by atoms with Crippen LogP contribution in [0.4, 0.5) is 5.69 Å². The lowest BCUT2D eigenvalue weighted by Crippen LogP contribution is -2.36. The second kappa shape index (κ2) is 8.18. The first-order valence-electron chi connectivity index (χ1n) is 8.93. The number of carboxylic acids is 1. The van der Waals surface area contributed by atoms with E-state index in [4.69, 9.17) is 0 Å². The summed E-state index contributed by atoms with van der Waals surface area (Å²) in [7, 11) is 0. The topological polar surface area (TPSA) is 121 Å². The van der Waals surface area contributed by atoms with E-state index in [9.17, 15) is 29.9 Å². The van der Waals surface area contributed by atoms with Crippen LogP contribution in [0.3, 0.4) is 0 Å². The van der Waals surface area contributed by atoms with Gasteiger partial charge in [0.2, 0.25) is 0 Å². The molecule has 0 radical (unpaired) electrons. The number of carboxylic acid groups (broad SMARTS) is 1. The molecule has 1 heterocycles. The van der Waals surface area contributed by atoms with Crippen LogP contribution >= 0.6 is 0 Å². The maximum absolute atomic E-state index is 13.0. The molecular formula is C20H20N2O6. The van der Waals surface area contributed by atoms with Crippen molar-refractivity contribution in [3.8, 4) is 0 Å². The van der Waals surface area contributed by atoms with Crippen LogP contribution in [0.25, 0.3) is 0 Å². The number of hydrogen-bond donors (Lipinski definition) is 2. The zero-order valence-corrected chi connectivity index (χ0v) is 15.0. The molecule has 0 bridgehead atoms. The van der Waals surface area contributed by atoms with Gasteiger partial charge in [0.05, 0.1) is 16.6 Å². The van der Waals surface area contributed by atoms with Crippen molar-refractivity contribution in [3.05, 3.63) is 75.3 Å². The SMILES string of the molecule is O=C(O)c1cc(C(=O)N2CCCC2CC(O)c2ccccc2)cc([N+](=O)[O-])c1. The van der Waals surface area contributed by atoms with E-state index in [1.807, 2.05) is 30.3 Å². The van der Waals surface area contributed by atoms with E-state index in [-0.39, 0.29) is 17.2 Å². The molecule has 1 aliphatic heterocycles. The number of carbonyl (C=O) groups is 2. The Bertz CT molecular complexity index is 867. The lowest BCUT2D eigenvalue weighted by Gasteiger charge is -2.27. The maximum Gasteiger partial charge on any atom is 0.335 e. The molecule has 28 heavy (non-hydrogen) atoms. The lowest BCUT2D eigenvalue weighted by molar-refractivity contribution is -0.384. The van der Waals surface area contributed by atoms with Crippen molar-refractivity contribution in [1.29, 1.82) is 0 Å². The molecule has 0 aliphatic carbocycles. The van der Waals surface area contributed by atoms with Crippen molar-refractivity contribution in [2.24, 2.45) is 0 Å². The summed E-state index contributed by atoms with van der Waals surface area (Å²) in [4.78, 5) is 36.2. The third kappa shape index (κ3) is 4.17. The van der Waals surface area contributed by atoms with E-state index in [0.29, 0.717) is 19.4 Å². The Kier molecular flexibility index (Phi) is 5.70. The van der Waals surface area contributed by atoms with Gasteiger partial charge < -0.3 is 15.1 Å². The molecule has 1 aliphatic rings. The highest BCUT2D eigenvalue weighted by atomic mass is 16.6. The molecule has 0 spiro atoms. The fourth-order valence-electron chi connectivity index (χ4n) is 3.55. The van der Waals surface area contributed by atoms with Gasteiger partial charge in [0.25, 0.3) is 11.6 Å². The molecule has 8 nitrogen and oxygen atoms in total. The van der Waals surface area contributed by atoms with Crippen LogP contribution in [-0.4, -0.2) is 44.5 Å². The van der Waals surface area contributed by atoms with Gasteiger partial charge in [0.1, 0.15) is 0 Å². The van der Waals surface area contributed by atoms with Crippen molar-refractivity contribution in [3.63, 3.8) is 0 Å². The molecule has 1 amide bonds. The first-order chi connectivity index (χ1) is 13.4. The van der Waals surface area contributed by atoms with Gasteiger partial charge >= 0.3 is 5.97 Å². The van der Waals surface area contributed by atoms with E-state index in [1.54, 1.807) is 4.90 Å². The highest BCUT2D eigenvalue weighted by molar-refractivity contribution is 5.98. The number of nitrogens with zero attached hydrogens (tertiary/aromatic N) is 2. The van der Waals surface area contributed by atoms with Crippen LogP contribution in [0.15, 0.2) is 48.5 Å². The molecule has 2 aromatic carbocycles. The molecule has 1 fully saturated rings. The second-order valence-electron chi connectivity index (χ2n) is 6.79. The van der Waals surface area contributed by atoms with Crippen molar-refractivity contribution >= 4 is 17.6 Å². The molecule has 2 unspecified atom stereocenters. The average Bonchev–Trinajstić information content (AvgIpc) is 3.15. The number of rotatable bonds is 6. The molecule has 2 atom stereocenters. The number of hydrogen-bond acceptors (Lipinski definition) is 5. The minimum atomic E-state index is -1.34. The van der Waals surface area contributed by atoms with Gasteiger partial charge in [0, 0.05) is 30.3 Å². The van der Waals surface area contributed by atoms with Crippen LogP contribution in [0.5, 0.6) is 0 Å². The third-order valence-corrected chi connectivity index (χ3v) is 4.94. The normalized spacial score (nSPS) is 17.3. The van der Waals surface area contributed by atoms with Crippen molar-refractivity contribution < 1.29 is 24.7 Å². The number of benzene rings is 2. The first kappa shape index (κ1) is 19.5. The van der Waals surface area contributed by atoms with Gasteiger partial charge in [-0.3, -0.25) is 14.9 Å². The van der Waals surface area contributed by atoms with E-state index in [0.717, 1.165) is 30.2 Å². The molecule has 3 rings (SSSR count). The molecule has 2 aromatic rings. The summed E-state index contributed by atoms with van der Waals surface area (Å²) in [5.41, 5.74) is -0.0288. The molecule has 146 valence electrons. The van der Waals surface area contributed by atoms with Gasteiger partial charge in [-0.05, 0) is 30.9 Å². The maximum atomic E-state index is 13.0. The van der Waals surface area contributed by atoms with Gasteiger partial charge in [-0.2, -0.15) is 0 Å². The Hall–Kier alpha value is -3.26.